The third-order valence-corrected chi connectivity index (χ3v) is 6.59. The Morgan fingerprint density at radius 2 is 1.90 bits per heavy atom. The molecule has 3 aromatic rings. The summed E-state index contributed by atoms with van der Waals surface area (Å²) in [5, 5.41) is 10.4. The largest absolute Gasteiger partial charge is 0.467 e. The molecule has 0 aliphatic carbocycles. The minimum atomic E-state index is -0.887. The predicted molar refractivity (Wildman–Crippen MR) is 146 cm³/mol. The van der Waals surface area contributed by atoms with Crippen molar-refractivity contribution in [2.45, 2.75) is 45.5 Å². The maximum atomic E-state index is 13.3. The number of amides is 1. The lowest BCUT2D eigenvalue weighted by atomic mass is 10.1. The number of aromatic nitrogens is 1. The van der Waals surface area contributed by atoms with E-state index in [9.17, 15) is 14.4 Å². The predicted octanol–water partition coefficient (Wildman–Crippen LogP) is 3.92. The van der Waals surface area contributed by atoms with Crippen molar-refractivity contribution in [3.05, 3.63) is 64.3 Å². The molecule has 1 amide bonds. The minimum absolute atomic E-state index is 0.00978. The molecule has 0 saturated carbocycles. The van der Waals surface area contributed by atoms with E-state index in [4.69, 9.17) is 32.1 Å². The molecule has 0 radical (unpaired) electrons. The number of benzene rings is 2. The van der Waals surface area contributed by atoms with E-state index in [0.29, 0.717) is 33.0 Å². The van der Waals surface area contributed by atoms with Crippen LogP contribution < -0.4 is 5.73 Å². The van der Waals surface area contributed by atoms with Crippen LogP contribution in [0.2, 0.25) is 5.02 Å². The van der Waals surface area contributed by atoms with E-state index in [2.05, 4.69) is 0 Å². The zero-order valence-electron chi connectivity index (χ0n) is 22.2. The number of nitrogens with two attached hydrogens (primary N) is 1. The highest BCUT2D eigenvalue weighted by Crippen LogP contribution is 2.27. The normalized spacial score (nSPS) is 16.3. The average molecular weight is 552 g/mol. The highest BCUT2D eigenvalue weighted by Gasteiger charge is 2.38. The van der Waals surface area contributed by atoms with E-state index in [-0.39, 0.29) is 32.1 Å². The van der Waals surface area contributed by atoms with Crippen LogP contribution in [0.4, 0.5) is 10.5 Å². The highest BCUT2D eigenvalue weighted by atomic mass is 35.5. The molecule has 2 heterocycles. The molecule has 2 aromatic carbocycles. The topological polar surface area (TPSA) is 131 Å². The van der Waals surface area contributed by atoms with Gasteiger partial charge in [-0.05, 0) is 62.7 Å². The maximum Gasteiger partial charge on any atom is 0.419 e. The maximum absolute atomic E-state index is 13.3. The van der Waals surface area contributed by atoms with Crippen LogP contribution >= 0.6 is 11.6 Å². The smallest absolute Gasteiger partial charge is 0.419 e. The Morgan fingerprint density at radius 3 is 2.54 bits per heavy atom. The first-order chi connectivity index (χ1) is 18.4. The number of carbonyl (C=O) groups excluding carboxylic acids is 3. The van der Waals surface area contributed by atoms with Gasteiger partial charge < -0.3 is 20.1 Å². The molecule has 1 atom stereocenters. The molecular formula is C28H30ClN5O5. The number of hydrogen-bond acceptors (Lipinski definition) is 8. The number of fused-ring (bicyclic) bond motifs is 1. The summed E-state index contributed by atoms with van der Waals surface area (Å²) in [6, 6.07) is 13.1. The summed E-state index contributed by atoms with van der Waals surface area (Å²) in [5.74, 6) is -0.850. The molecule has 10 nitrogen and oxygen atoms in total. The summed E-state index contributed by atoms with van der Waals surface area (Å²) in [7, 11) is 1.27. The zero-order chi connectivity index (χ0) is 28.5. The zero-order valence-corrected chi connectivity index (χ0v) is 23.0. The van der Waals surface area contributed by atoms with Crippen LogP contribution in [0.5, 0.6) is 0 Å². The second-order valence-corrected chi connectivity index (χ2v) is 10.9. The monoisotopic (exact) mass is 551 g/mol. The first-order valence-electron chi connectivity index (χ1n) is 12.3. The quantitative estimate of drug-likeness (QED) is 0.373. The summed E-state index contributed by atoms with van der Waals surface area (Å²) in [6.07, 6.45) is -0.553. The van der Waals surface area contributed by atoms with Gasteiger partial charge in [0.15, 0.2) is 0 Å². The second kappa shape index (κ2) is 11.0. The van der Waals surface area contributed by atoms with Gasteiger partial charge in [0.1, 0.15) is 17.7 Å². The van der Waals surface area contributed by atoms with E-state index >= 15 is 0 Å². The summed E-state index contributed by atoms with van der Waals surface area (Å²) < 4.78 is 12.1. The van der Waals surface area contributed by atoms with Crippen molar-refractivity contribution < 1.29 is 23.9 Å². The van der Waals surface area contributed by atoms with E-state index in [0.717, 1.165) is 5.39 Å². The summed E-state index contributed by atoms with van der Waals surface area (Å²) in [5.41, 5.74) is 7.75. The number of rotatable bonds is 5. The van der Waals surface area contributed by atoms with Gasteiger partial charge >= 0.3 is 12.1 Å². The lowest BCUT2D eigenvalue weighted by Crippen LogP contribution is -2.59. The van der Waals surface area contributed by atoms with Crippen molar-refractivity contribution >= 4 is 46.2 Å². The van der Waals surface area contributed by atoms with Crippen molar-refractivity contribution in [1.29, 1.82) is 5.26 Å². The van der Waals surface area contributed by atoms with E-state index in [1.807, 2.05) is 12.1 Å². The summed E-state index contributed by atoms with van der Waals surface area (Å²) in [4.78, 5) is 42.6. The van der Waals surface area contributed by atoms with Gasteiger partial charge in [-0.1, -0.05) is 17.7 Å². The summed E-state index contributed by atoms with van der Waals surface area (Å²) >= 11 is 6.20. The SMILES string of the molecule is COC(=O)C1CN(Cc2cc3cc(Cl)ccc3n2C(=O)OC(C)(C)C)CC(=O)N1Cc1ccc(C#N)c(N)c1. The average Bonchev–Trinajstić information content (AvgIpc) is 3.20. The van der Waals surface area contributed by atoms with Crippen LogP contribution in [0.25, 0.3) is 10.9 Å². The molecular weight excluding hydrogens is 522 g/mol. The third kappa shape index (κ3) is 6.16. The van der Waals surface area contributed by atoms with Gasteiger partial charge in [-0.3, -0.25) is 9.69 Å². The standard InChI is InChI=1S/C28H30ClN5O5/c1-28(2,3)39-27(37)34-21(11-19-10-20(29)7-8-23(19)34)14-32-15-24(26(36)38-4)33(25(35)16-32)13-17-5-6-18(12-30)22(31)9-17/h5-11,24H,13-16,31H2,1-4H3. The molecule has 39 heavy (non-hydrogen) atoms. The van der Waals surface area contributed by atoms with Gasteiger partial charge in [-0.25, -0.2) is 14.2 Å². The molecule has 0 bridgehead atoms. The van der Waals surface area contributed by atoms with Crippen LogP contribution in [-0.2, 0) is 32.2 Å². The van der Waals surface area contributed by atoms with Gasteiger partial charge in [-0.2, -0.15) is 5.26 Å². The lowest BCUT2D eigenvalue weighted by molar-refractivity contribution is -0.159. The molecule has 1 aliphatic heterocycles. The van der Waals surface area contributed by atoms with E-state index < -0.39 is 23.7 Å². The van der Waals surface area contributed by atoms with Crippen LogP contribution in [0.1, 0.15) is 37.6 Å². The van der Waals surface area contributed by atoms with Crippen molar-refractivity contribution in [2.75, 3.05) is 25.9 Å². The fourth-order valence-corrected chi connectivity index (χ4v) is 4.82. The minimum Gasteiger partial charge on any atom is -0.467 e. The number of halogens is 1. The molecule has 0 spiro atoms. The first-order valence-corrected chi connectivity index (χ1v) is 12.7. The lowest BCUT2D eigenvalue weighted by Gasteiger charge is -2.39. The molecule has 1 aliphatic rings. The fraction of sp³-hybridized carbons (Fsp3) is 0.357. The van der Waals surface area contributed by atoms with Gasteiger partial charge in [0, 0.05) is 41.4 Å². The van der Waals surface area contributed by atoms with Gasteiger partial charge in [0.25, 0.3) is 0 Å². The number of anilines is 1. The first kappa shape index (κ1) is 28.0. The van der Waals surface area contributed by atoms with Crippen LogP contribution in [0.15, 0.2) is 42.5 Å². The Morgan fingerprint density at radius 1 is 1.15 bits per heavy atom. The van der Waals surface area contributed by atoms with E-state index in [1.54, 1.807) is 62.1 Å². The number of ether oxygens (including phenoxy) is 2. The summed E-state index contributed by atoms with van der Waals surface area (Å²) in [6.45, 7) is 5.87. The van der Waals surface area contributed by atoms with Gasteiger partial charge in [-0.15, -0.1) is 0 Å². The van der Waals surface area contributed by atoms with Crippen molar-refractivity contribution in [1.82, 2.24) is 14.4 Å². The van der Waals surface area contributed by atoms with Gasteiger partial charge in [0.05, 0.1) is 24.7 Å². The molecule has 1 saturated heterocycles. The van der Waals surface area contributed by atoms with E-state index in [1.165, 1.54) is 16.6 Å². The Bertz CT molecular complexity index is 1490. The fourth-order valence-electron chi connectivity index (χ4n) is 4.64. The molecule has 1 unspecified atom stereocenters. The van der Waals surface area contributed by atoms with Crippen molar-refractivity contribution in [3.63, 3.8) is 0 Å². The van der Waals surface area contributed by atoms with Crippen LogP contribution in [-0.4, -0.2) is 64.2 Å². The van der Waals surface area contributed by atoms with Crippen LogP contribution in [0, 0.1) is 11.3 Å². The molecule has 1 fully saturated rings. The number of hydrogen-bond donors (Lipinski definition) is 1. The van der Waals surface area contributed by atoms with Crippen molar-refractivity contribution in [2.24, 2.45) is 0 Å². The van der Waals surface area contributed by atoms with Crippen LogP contribution in [0.3, 0.4) is 0 Å². The number of nitrogen functional groups attached to an aromatic ring is 1. The molecule has 2 N–H and O–H groups in total. The van der Waals surface area contributed by atoms with Crippen molar-refractivity contribution in [3.8, 4) is 6.07 Å². The van der Waals surface area contributed by atoms with Gasteiger partial charge in [0.2, 0.25) is 5.91 Å². The number of piperazine rings is 1. The Balaban J connectivity index is 1.63. The number of methoxy groups -OCH3 is 1. The second-order valence-electron chi connectivity index (χ2n) is 10.4. The number of esters is 1. The molecule has 1 aromatic heterocycles. The number of nitrogens with zero attached hydrogens (tertiary/aromatic N) is 4. The molecule has 11 heteroatoms. The third-order valence-electron chi connectivity index (χ3n) is 6.35. The Labute approximate surface area is 231 Å². The Hall–Kier alpha value is -4.07. The molecule has 204 valence electrons. The molecule has 4 rings (SSSR count). The number of carbonyl (C=O) groups is 3. The highest BCUT2D eigenvalue weighted by molar-refractivity contribution is 6.31. The Kier molecular flexibility index (Phi) is 7.86. The number of nitriles is 1.